The zero-order valence-corrected chi connectivity index (χ0v) is 17.3. The standard InChI is InChI=1S/C22H33N3O2/c1-15(2)12-24(13-16(3)4)14-25-20(26)22(5,23-21(25)27)19-10-9-17-7-6-8-18(17)11-19/h9-11,15-16H,6-8,12-14H2,1-5H3,(H,23,27)/t22-/m1/s1. The highest BCUT2D eigenvalue weighted by Gasteiger charge is 2.49. The summed E-state index contributed by atoms with van der Waals surface area (Å²) in [4.78, 5) is 29.5. The van der Waals surface area contributed by atoms with Crippen molar-refractivity contribution >= 4 is 11.9 Å². The van der Waals surface area contributed by atoms with Crippen molar-refractivity contribution in [1.29, 1.82) is 0 Å². The van der Waals surface area contributed by atoms with Crippen LogP contribution in [-0.4, -0.2) is 41.5 Å². The summed E-state index contributed by atoms with van der Waals surface area (Å²) in [6.45, 7) is 12.6. The van der Waals surface area contributed by atoms with E-state index in [0.717, 1.165) is 31.5 Å². The first kappa shape index (κ1) is 19.9. The highest BCUT2D eigenvalue weighted by atomic mass is 16.2. The number of carbonyl (C=O) groups is 2. The van der Waals surface area contributed by atoms with Crippen molar-refractivity contribution < 1.29 is 9.59 Å². The van der Waals surface area contributed by atoms with E-state index in [9.17, 15) is 9.59 Å². The summed E-state index contributed by atoms with van der Waals surface area (Å²) in [5.74, 6) is 0.809. The van der Waals surface area contributed by atoms with Gasteiger partial charge in [-0.1, -0.05) is 45.9 Å². The van der Waals surface area contributed by atoms with Gasteiger partial charge in [0.15, 0.2) is 0 Å². The molecule has 1 atom stereocenters. The first-order valence-electron chi connectivity index (χ1n) is 10.2. The molecule has 1 aromatic rings. The summed E-state index contributed by atoms with van der Waals surface area (Å²) in [5, 5.41) is 2.96. The van der Waals surface area contributed by atoms with E-state index in [1.165, 1.54) is 22.4 Å². The molecule has 148 valence electrons. The topological polar surface area (TPSA) is 52.6 Å². The van der Waals surface area contributed by atoms with Crippen LogP contribution in [-0.2, 0) is 23.2 Å². The van der Waals surface area contributed by atoms with Crippen molar-refractivity contribution in [2.45, 2.75) is 59.4 Å². The van der Waals surface area contributed by atoms with Crippen LogP contribution in [0.4, 0.5) is 4.79 Å². The maximum Gasteiger partial charge on any atom is 0.326 e. The second kappa shape index (κ2) is 7.63. The molecule has 27 heavy (non-hydrogen) atoms. The molecular weight excluding hydrogens is 338 g/mol. The molecule has 1 aromatic carbocycles. The van der Waals surface area contributed by atoms with Gasteiger partial charge in [-0.25, -0.2) is 9.69 Å². The Morgan fingerprint density at radius 1 is 1.07 bits per heavy atom. The highest BCUT2D eigenvalue weighted by Crippen LogP contribution is 2.32. The van der Waals surface area contributed by atoms with Crippen LogP contribution >= 0.6 is 0 Å². The predicted octanol–water partition coefficient (Wildman–Crippen LogP) is 3.51. The molecule has 1 aliphatic carbocycles. The average Bonchev–Trinajstić information content (AvgIpc) is 3.12. The van der Waals surface area contributed by atoms with Crippen LogP contribution in [0.25, 0.3) is 0 Å². The number of urea groups is 1. The molecule has 0 saturated carbocycles. The van der Waals surface area contributed by atoms with Gasteiger partial charge in [0.05, 0.1) is 6.67 Å². The molecule has 5 heteroatoms. The van der Waals surface area contributed by atoms with E-state index >= 15 is 0 Å². The number of imide groups is 1. The van der Waals surface area contributed by atoms with Gasteiger partial charge in [0.25, 0.3) is 5.91 Å². The molecule has 1 saturated heterocycles. The van der Waals surface area contributed by atoms with Gasteiger partial charge in [-0.2, -0.15) is 0 Å². The number of carbonyl (C=O) groups excluding carboxylic acids is 2. The Hall–Kier alpha value is -1.88. The molecule has 2 aliphatic rings. The zero-order valence-electron chi connectivity index (χ0n) is 17.3. The molecule has 0 radical (unpaired) electrons. The molecule has 0 unspecified atom stereocenters. The molecule has 0 spiro atoms. The van der Waals surface area contributed by atoms with E-state index in [1.807, 2.05) is 13.0 Å². The number of rotatable bonds is 7. The van der Waals surface area contributed by atoms with E-state index in [0.29, 0.717) is 18.5 Å². The summed E-state index contributed by atoms with van der Waals surface area (Å²) >= 11 is 0. The van der Waals surface area contributed by atoms with Crippen LogP contribution in [0.1, 0.15) is 57.7 Å². The van der Waals surface area contributed by atoms with Crippen LogP contribution in [0.3, 0.4) is 0 Å². The van der Waals surface area contributed by atoms with Crippen molar-refractivity contribution in [3.8, 4) is 0 Å². The maximum absolute atomic E-state index is 13.3. The van der Waals surface area contributed by atoms with Crippen LogP contribution in [0.2, 0.25) is 0 Å². The molecule has 0 bridgehead atoms. The Labute approximate surface area is 163 Å². The Morgan fingerprint density at radius 3 is 2.33 bits per heavy atom. The molecule has 1 N–H and O–H groups in total. The molecule has 1 heterocycles. The van der Waals surface area contributed by atoms with Gasteiger partial charge in [0.2, 0.25) is 0 Å². The van der Waals surface area contributed by atoms with Crippen molar-refractivity contribution in [2.24, 2.45) is 11.8 Å². The smallest absolute Gasteiger partial charge is 0.319 e. The fraction of sp³-hybridized carbons (Fsp3) is 0.636. The minimum Gasteiger partial charge on any atom is -0.319 e. The minimum atomic E-state index is -0.976. The van der Waals surface area contributed by atoms with Gasteiger partial charge < -0.3 is 5.32 Å². The van der Waals surface area contributed by atoms with E-state index in [1.54, 1.807) is 0 Å². The number of benzene rings is 1. The van der Waals surface area contributed by atoms with Crippen LogP contribution < -0.4 is 5.32 Å². The highest BCUT2D eigenvalue weighted by molar-refractivity contribution is 6.07. The monoisotopic (exact) mass is 371 g/mol. The molecule has 0 aromatic heterocycles. The lowest BCUT2D eigenvalue weighted by atomic mass is 9.90. The number of aryl methyl sites for hydroxylation is 2. The first-order chi connectivity index (χ1) is 12.7. The summed E-state index contributed by atoms with van der Waals surface area (Å²) < 4.78 is 0. The predicted molar refractivity (Wildman–Crippen MR) is 107 cm³/mol. The molecule has 1 aliphatic heterocycles. The second-order valence-electron chi connectivity index (χ2n) is 9.09. The molecule has 1 fully saturated rings. The van der Waals surface area contributed by atoms with Gasteiger partial charge in [-0.05, 0) is 54.7 Å². The number of nitrogens with zero attached hydrogens (tertiary/aromatic N) is 2. The lowest BCUT2D eigenvalue weighted by Gasteiger charge is -2.30. The summed E-state index contributed by atoms with van der Waals surface area (Å²) in [7, 11) is 0. The lowest BCUT2D eigenvalue weighted by molar-refractivity contribution is -0.132. The second-order valence-corrected chi connectivity index (χ2v) is 9.09. The normalized spacial score (nSPS) is 22.3. The van der Waals surface area contributed by atoms with E-state index in [2.05, 4.69) is 50.0 Å². The van der Waals surface area contributed by atoms with Crippen molar-refractivity contribution in [1.82, 2.24) is 15.1 Å². The van der Waals surface area contributed by atoms with Crippen LogP contribution in [0.15, 0.2) is 18.2 Å². The minimum absolute atomic E-state index is 0.150. The molecular formula is C22H33N3O2. The third-order valence-corrected chi connectivity index (χ3v) is 5.54. The third kappa shape index (κ3) is 4.03. The first-order valence-corrected chi connectivity index (χ1v) is 10.2. The van der Waals surface area contributed by atoms with Crippen molar-refractivity contribution in [3.05, 3.63) is 34.9 Å². The quantitative estimate of drug-likeness (QED) is 0.746. The zero-order chi connectivity index (χ0) is 19.8. The van der Waals surface area contributed by atoms with Crippen LogP contribution in [0.5, 0.6) is 0 Å². The number of nitrogens with one attached hydrogen (secondary N) is 1. The largest absolute Gasteiger partial charge is 0.326 e. The van der Waals surface area contributed by atoms with E-state index in [4.69, 9.17) is 0 Å². The van der Waals surface area contributed by atoms with Gasteiger partial charge in [-0.3, -0.25) is 9.69 Å². The fourth-order valence-corrected chi connectivity index (χ4v) is 4.33. The van der Waals surface area contributed by atoms with E-state index in [-0.39, 0.29) is 11.9 Å². The molecule has 3 amide bonds. The van der Waals surface area contributed by atoms with Gasteiger partial charge in [0, 0.05) is 13.1 Å². The number of hydrogen-bond donors (Lipinski definition) is 1. The fourth-order valence-electron chi connectivity index (χ4n) is 4.33. The SMILES string of the molecule is CC(C)CN(CC(C)C)CN1C(=O)N[C@](C)(c2ccc3c(c2)CCC3)C1=O. The van der Waals surface area contributed by atoms with E-state index < -0.39 is 5.54 Å². The summed E-state index contributed by atoms with van der Waals surface area (Å²) in [5.41, 5.74) is 2.60. The summed E-state index contributed by atoms with van der Waals surface area (Å²) in [6.07, 6.45) is 3.33. The lowest BCUT2D eigenvalue weighted by Crippen LogP contribution is -2.45. The van der Waals surface area contributed by atoms with Gasteiger partial charge in [-0.15, -0.1) is 0 Å². The van der Waals surface area contributed by atoms with Crippen LogP contribution in [0, 0.1) is 11.8 Å². The number of fused-ring (bicyclic) bond motifs is 1. The molecule has 3 rings (SSSR count). The van der Waals surface area contributed by atoms with Crippen molar-refractivity contribution in [3.63, 3.8) is 0 Å². The third-order valence-electron chi connectivity index (χ3n) is 5.54. The maximum atomic E-state index is 13.3. The summed E-state index contributed by atoms with van der Waals surface area (Å²) in [6, 6.07) is 5.95. The Bertz CT molecular complexity index is 718. The molecule has 5 nitrogen and oxygen atoms in total. The average molecular weight is 372 g/mol. The van der Waals surface area contributed by atoms with Gasteiger partial charge >= 0.3 is 6.03 Å². The number of hydrogen-bond acceptors (Lipinski definition) is 3. The van der Waals surface area contributed by atoms with Crippen molar-refractivity contribution in [2.75, 3.05) is 19.8 Å². The Kier molecular flexibility index (Phi) is 5.61. The Morgan fingerprint density at radius 2 is 1.70 bits per heavy atom. The van der Waals surface area contributed by atoms with Gasteiger partial charge in [0.1, 0.15) is 5.54 Å². The number of amides is 3. The Balaban J connectivity index is 1.81.